The molecule has 0 aromatic heterocycles. The molecule has 3 rings (SSSR count). The van der Waals surface area contributed by atoms with Gasteiger partial charge in [0.25, 0.3) is 5.91 Å². The second-order valence-electron chi connectivity index (χ2n) is 6.39. The minimum absolute atomic E-state index is 0.161. The van der Waals surface area contributed by atoms with Gasteiger partial charge in [-0.05, 0) is 60.0 Å². The van der Waals surface area contributed by atoms with E-state index in [2.05, 4.69) is 6.92 Å². The van der Waals surface area contributed by atoms with Crippen LogP contribution in [-0.2, 0) is 4.79 Å². The third-order valence-corrected chi connectivity index (χ3v) is 5.68. The first-order valence-corrected chi connectivity index (χ1v) is 9.84. The zero-order chi connectivity index (χ0) is 19.2. The second-order valence-corrected chi connectivity index (χ2v) is 7.57. The quantitative estimate of drug-likeness (QED) is 0.329. The van der Waals surface area contributed by atoms with Crippen LogP contribution < -0.4 is 10.2 Å². The molecule has 0 spiro atoms. The lowest BCUT2D eigenvalue weighted by molar-refractivity contribution is -0.128. The predicted octanol–water partition coefficient (Wildman–Crippen LogP) is 5.36. The van der Waals surface area contributed by atoms with Crippen molar-refractivity contribution in [2.75, 3.05) is 0 Å². The summed E-state index contributed by atoms with van der Waals surface area (Å²) in [6.07, 6.45) is 1.10. The molecule has 0 bridgehead atoms. The number of hydrogen-bond acceptors (Lipinski definition) is 4. The van der Waals surface area contributed by atoms with Crippen LogP contribution >= 0.6 is 11.8 Å². The van der Waals surface area contributed by atoms with Gasteiger partial charge in [0.1, 0.15) is 11.0 Å². The van der Waals surface area contributed by atoms with Crippen LogP contribution in [0.5, 0.6) is 5.75 Å². The fraction of sp³-hybridized carbons (Fsp3) is 0.227. The van der Waals surface area contributed by atoms with Crippen LogP contribution in [0.1, 0.15) is 31.1 Å². The molecule has 140 valence electrons. The molecule has 3 aromatic carbocycles. The molecule has 1 amide bonds. The van der Waals surface area contributed by atoms with Crippen molar-refractivity contribution in [2.45, 2.75) is 36.5 Å². The summed E-state index contributed by atoms with van der Waals surface area (Å²) in [5, 5.41) is 10.8. The number of benzene rings is 3. The highest BCUT2D eigenvalue weighted by atomic mass is 32.2. The molecule has 0 saturated heterocycles. The first kappa shape index (κ1) is 19.3. The third-order valence-electron chi connectivity index (χ3n) is 4.41. The molecule has 2 unspecified atom stereocenters. The van der Waals surface area contributed by atoms with Crippen LogP contribution in [-0.4, -0.2) is 17.2 Å². The molecule has 0 fully saturated rings. The van der Waals surface area contributed by atoms with E-state index in [1.54, 1.807) is 5.48 Å². The number of thioether (sulfide) groups is 1. The topological polar surface area (TPSA) is 58.6 Å². The minimum atomic E-state index is -0.555. The van der Waals surface area contributed by atoms with E-state index in [0.29, 0.717) is 0 Å². The van der Waals surface area contributed by atoms with E-state index in [9.17, 15) is 10.0 Å². The third kappa shape index (κ3) is 4.81. The molecule has 0 aliphatic heterocycles. The maximum absolute atomic E-state index is 12.3. The van der Waals surface area contributed by atoms with Crippen molar-refractivity contribution in [2.24, 2.45) is 0 Å². The van der Waals surface area contributed by atoms with Gasteiger partial charge in [0, 0.05) is 4.90 Å². The van der Waals surface area contributed by atoms with Gasteiger partial charge in [-0.2, -0.15) is 0 Å². The van der Waals surface area contributed by atoms with Crippen LogP contribution in [0.4, 0.5) is 0 Å². The van der Waals surface area contributed by atoms with E-state index in [1.165, 1.54) is 11.8 Å². The number of carbonyl (C=O) groups excluding carboxylic acids is 1. The van der Waals surface area contributed by atoms with Crippen molar-refractivity contribution in [3.63, 3.8) is 0 Å². The van der Waals surface area contributed by atoms with Crippen molar-refractivity contribution in [1.82, 2.24) is 5.48 Å². The number of rotatable bonds is 7. The van der Waals surface area contributed by atoms with Crippen molar-refractivity contribution in [3.05, 3.63) is 72.3 Å². The molecule has 5 heteroatoms. The Labute approximate surface area is 163 Å². The molecule has 27 heavy (non-hydrogen) atoms. The van der Waals surface area contributed by atoms with Crippen molar-refractivity contribution >= 4 is 28.4 Å². The zero-order valence-electron chi connectivity index (χ0n) is 15.4. The first-order chi connectivity index (χ1) is 13.1. The predicted molar refractivity (Wildman–Crippen MR) is 109 cm³/mol. The fourth-order valence-electron chi connectivity index (χ4n) is 2.75. The lowest BCUT2D eigenvalue weighted by Gasteiger charge is -2.17. The number of hydroxylamine groups is 1. The average Bonchev–Trinajstić information content (AvgIpc) is 2.72. The van der Waals surface area contributed by atoms with E-state index in [-0.39, 0.29) is 6.10 Å². The smallest absolute Gasteiger partial charge is 0.261 e. The highest BCUT2D eigenvalue weighted by Gasteiger charge is 2.22. The number of nitrogens with one attached hydrogen (secondary N) is 1. The number of carbonyl (C=O) groups is 1. The highest BCUT2D eigenvalue weighted by Crippen LogP contribution is 2.37. The molecule has 2 atom stereocenters. The zero-order valence-corrected chi connectivity index (χ0v) is 16.2. The number of amides is 1. The van der Waals surface area contributed by atoms with Crippen LogP contribution in [0, 0.1) is 0 Å². The van der Waals surface area contributed by atoms with Crippen molar-refractivity contribution in [1.29, 1.82) is 0 Å². The van der Waals surface area contributed by atoms with Gasteiger partial charge in [0.05, 0.1) is 6.10 Å². The molecule has 0 heterocycles. The Kier molecular flexibility index (Phi) is 6.37. The first-order valence-electron chi connectivity index (χ1n) is 8.96. The largest absolute Gasteiger partial charge is 0.491 e. The standard InChI is InChI=1S/C22H23NO3S/c1-3-15(2)26-19-10-12-20(13-11-19)27-21(22(24)23-25)18-9-8-16-6-4-5-7-17(16)14-18/h4-15,21,25H,3H2,1-2H3,(H,23,24). The maximum Gasteiger partial charge on any atom is 0.261 e. The summed E-state index contributed by atoms with van der Waals surface area (Å²) < 4.78 is 5.80. The summed E-state index contributed by atoms with van der Waals surface area (Å²) in [4.78, 5) is 13.2. The Morgan fingerprint density at radius 3 is 2.44 bits per heavy atom. The normalized spacial score (nSPS) is 13.1. The average molecular weight is 381 g/mol. The number of fused-ring (bicyclic) bond motifs is 1. The SMILES string of the molecule is CCC(C)Oc1ccc(SC(C(=O)NO)c2ccc3ccccc3c2)cc1. The maximum atomic E-state index is 12.3. The van der Waals surface area contributed by atoms with E-state index in [1.807, 2.05) is 73.7 Å². The Hall–Kier alpha value is -2.50. The molecule has 0 saturated carbocycles. The molecular weight excluding hydrogens is 358 g/mol. The molecule has 0 radical (unpaired) electrons. The summed E-state index contributed by atoms with van der Waals surface area (Å²) in [6.45, 7) is 4.11. The molecule has 3 aromatic rings. The van der Waals surface area contributed by atoms with Gasteiger partial charge in [-0.15, -0.1) is 11.8 Å². The van der Waals surface area contributed by atoms with E-state index >= 15 is 0 Å². The lowest BCUT2D eigenvalue weighted by Crippen LogP contribution is -2.24. The molecule has 2 N–H and O–H groups in total. The summed E-state index contributed by atoms with van der Waals surface area (Å²) >= 11 is 1.39. The van der Waals surface area contributed by atoms with Gasteiger partial charge < -0.3 is 4.74 Å². The number of hydrogen-bond donors (Lipinski definition) is 2. The van der Waals surface area contributed by atoms with Gasteiger partial charge in [0.2, 0.25) is 0 Å². The minimum Gasteiger partial charge on any atom is -0.491 e. The molecule has 0 aliphatic rings. The van der Waals surface area contributed by atoms with Crippen LogP contribution in [0.25, 0.3) is 10.8 Å². The molecule has 4 nitrogen and oxygen atoms in total. The van der Waals surface area contributed by atoms with E-state index in [0.717, 1.165) is 33.4 Å². The lowest BCUT2D eigenvalue weighted by atomic mass is 10.0. The van der Waals surface area contributed by atoms with Gasteiger partial charge in [-0.25, -0.2) is 5.48 Å². The molecule has 0 aliphatic carbocycles. The summed E-state index contributed by atoms with van der Waals surface area (Å²) in [5.74, 6) is 0.359. The van der Waals surface area contributed by atoms with E-state index in [4.69, 9.17) is 4.74 Å². The van der Waals surface area contributed by atoms with Crippen molar-refractivity contribution < 1.29 is 14.7 Å². The van der Waals surface area contributed by atoms with Crippen LogP contribution in [0.3, 0.4) is 0 Å². The monoisotopic (exact) mass is 381 g/mol. The van der Waals surface area contributed by atoms with Crippen LogP contribution in [0.15, 0.2) is 71.6 Å². The number of ether oxygens (including phenoxy) is 1. The Morgan fingerprint density at radius 1 is 1.07 bits per heavy atom. The molecular formula is C22H23NO3S. The second kappa shape index (κ2) is 8.93. The summed E-state index contributed by atoms with van der Waals surface area (Å²) in [5.41, 5.74) is 2.63. The van der Waals surface area contributed by atoms with E-state index < -0.39 is 11.2 Å². The van der Waals surface area contributed by atoms with Gasteiger partial charge in [0.15, 0.2) is 0 Å². The highest BCUT2D eigenvalue weighted by molar-refractivity contribution is 8.00. The Bertz CT molecular complexity index is 911. The fourth-order valence-corrected chi connectivity index (χ4v) is 3.76. The summed E-state index contributed by atoms with van der Waals surface area (Å²) in [7, 11) is 0. The van der Waals surface area contributed by atoms with Crippen molar-refractivity contribution in [3.8, 4) is 5.75 Å². The Balaban J connectivity index is 1.83. The van der Waals surface area contributed by atoms with Gasteiger partial charge >= 0.3 is 0 Å². The van der Waals surface area contributed by atoms with Gasteiger partial charge in [-0.1, -0.05) is 43.3 Å². The van der Waals surface area contributed by atoms with Gasteiger partial charge in [-0.3, -0.25) is 10.0 Å². The van der Waals surface area contributed by atoms with Crippen LogP contribution in [0.2, 0.25) is 0 Å². The Morgan fingerprint density at radius 2 is 1.78 bits per heavy atom. The summed E-state index contributed by atoms with van der Waals surface area (Å²) in [6, 6.07) is 21.6.